The van der Waals surface area contributed by atoms with Crippen LogP contribution in [0.1, 0.15) is 28.6 Å². The number of halogens is 3. The van der Waals surface area contributed by atoms with Gasteiger partial charge in [0.15, 0.2) is 0 Å². The number of piperazine rings is 1. The van der Waals surface area contributed by atoms with Gasteiger partial charge in [0, 0.05) is 52.2 Å². The van der Waals surface area contributed by atoms with Gasteiger partial charge in [-0.05, 0) is 29.7 Å². The van der Waals surface area contributed by atoms with Gasteiger partial charge in [0.1, 0.15) is 5.69 Å². The minimum absolute atomic E-state index is 0.182. The first kappa shape index (κ1) is 21.5. The summed E-state index contributed by atoms with van der Waals surface area (Å²) < 4.78 is 40.7. The van der Waals surface area contributed by atoms with Crippen LogP contribution in [-0.2, 0) is 19.6 Å². The van der Waals surface area contributed by atoms with Crippen LogP contribution in [0.3, 0.4) is 0 Å². The van der Waals surface area contributed by atoms with Gasteiger partial charge in [-0.15, -0.1) is 0 Å². The molecule has 0 amide bonds. The first-order valence-corrected chi connectivity index (χ1v) is 10.4. The van der Waals surface area contributed by atoms with Crippen molar-refractivity contribution < 1.29 is 13.2 Å². The Morgan fingerprint density at radius 3 is 2.29 bits per heavy atom. The standard InChI is InChI=1S/C23H26F3N5/c1-29-20(9-11-28-29)22(19-7-8-21(27-17-19)23(24,25)26)31-15-13-30(14-16-31)12-10-18-5-3-2-4-6-18/h2-9,11,17,22H,10,12-16H2,1H3. The number of hydrogen-bond acceptors (Lipinski definition) is 4. The molecule has 0 spiro atoms. The van der Waals surface area contributed by atoms with Gasteiger partial charge < -0.3 is 4.90 Å². The molecule has 3 aromatic rings. The fourth-order valence-corrected chi connectivity index (χ4v) is 4.13. The Morgan fingerprint density at radius 1 is 0.968 bits per heavy atom. The number of nitrogens with zero attached hydrogens (tertiary/aromatic N) is 5. The maximum atomic E-state index is 13.0. The first-order chi connectivity index (χ1) is 14.9. The number of alkyl halides is 3. The average molecular weight is 429 g/mol. The van der Waals surface area contributed by atoms with Gasteiger partial charge in [-0.2, -0.15) is 18.3 Å². The molecule has 0 N–H and O–H groups in total. The number of aryl methyl sites for hydroxylation is 1. The van der Waals surface area contributed by atoms with E-state index in [-0.39, 0.29) is 6.04 Å². The van der Waals surface area contributed by atoms with Gasteiger partial charge >= 0.3 is 6.18 Å². The summed E-state index contributed by atoms with van der Waals surface area (Å²) in [5, 5.41) is 4.27. The van der Waals surface area contributed by atoms with Crippen molar-refractivity contribution in [3.05, 3.63) is 83.4 Å². The van der Waals surface area contributed by atoms with Crippen LogP contribution in [-0.4, -0.2) is 57.3 Å². The third-order valence-electron chi connectivity index (χ3n) is 5.86. The highest BCUT2D eigenvalue weighted by atomic mass is 19.4. The maximum Gasteiger partial charge on any atom is 0.433 e. The summed E-state index contributed by atoms with van der Waals surface area (Å²) in [6, 6.07) is 14.8. The van der Waals surface area contributed by atoms with Crippen molar-refractivity contribution in [2.45, 2.75) is 18.6 Å². The van der Waals surface area contributed by atoms with Crippen molar-refractivity contribution in [1.29, 1.82) is 0 Å². The third kappa shape index (κ3) is 5.14. The fraction of sp³-hybridized carbons (Fsp3) is 0.391. The Morgan fingerprint density at radius 2 is 1.71 bits per heavy atom. The maximum absolute atomic E-state index is 13.0. The van der Waals surface area contributed by atoms with Crippen molar-refractivity contribution in [2.24, 2.45) is 7.05 Å². The van der Waals surface area contributed by atoms with E-state index in [1.807, 2.05) is 19.2 Å². The van der Waals surface area contributed by atoms with Crippen LogP contribution in [0, 0.1) is 0 Å². The normalized spacial score (nSPS) is 17.0. The topological polar surface area (TPSA) is 37.2 Å². The van der Waals surface area contributed by atoms with E-state index in [0.29, 0.717) is 0 Å². The van der Waals surface area contributed by atoms with Crippen LogP contribution < -0.4 is 0 Å². The van der Waals surface area contributed by atoms with E-state index in [9.17, 15) is 13.2 Å². The Balaban J connectivity index is 1.47. The quantitative estimate of drug-likeness (QED) is 0.598. The number of aromatic nitrogens is 3. The van der Waals surface area contributed by atoms with Crippen LogP contribution in [0.25, 0.3) is 0 Å². The average Bonchev–Trinajstić information content (AvgIpc) is 3.19. The number of benzene rings is 1. The van der Waals surface area contributed by atoms with Gasteiger partial charge in [0.05, 0.1) is 11.7 Å². The summed E-state index contributed by atoms with van der Waals surface area (Å²) in [4.78, 5) is 8.44. The summed E-state index contributed by atoms with van der Waals surface area (Å²) >= 11 is 0. The van der Waals surface area contributed by atoms with E-state index in [2.05, 4.69) is 44.1 Å². The molecular formula is C23H26F3N5. The van der Waals surface area contributed by atoms with Crippen LogP contribution in [0.5, 0.6) is 0 Å². The van der Waals surface area contributed by atoms with E-state index < -0.39 is 11.9 Å². The van der Waals surface area contributed by atoms with Crippen molar-refractivity contribution in [3.63, 3.8) is 0 Å². The lowest BCUT2D eigenvalue weighted by atomic mass is 10.0. The van der Waals surface area contributed by atoms with Crippen molar-refractivity contribution >= 4 is 0 Å². The molecule has 1 atom stereocenters. The minimum atomic E-state index is -4.44. The Kier molecular flexibility index (Phi) is 6.38. The molecule has 1 aliphatic heterocycles. The van der Waals surface area contributed by atoms with E-state index >= 15 is 0 Å². The molecule has 4 rings (SSSR count). The van der Waals surface area contributed by atoms with E-state index in [4.69, 9.17) is 0 Å². The predicted octanol–water partition coefficient (Wildman–Crippen LogP) is 3.78. The molecule has 3 heterocycles. The summed E-state index contributed by atoms with van der Waals surface area (Å²) in [5.41, 5.74) is 2.15. The monoisotopic (exact) mass is 429 g/mol. The Hall–Kier alpha value is -2.71. The minimum Gasteiger partial charge on any atom is -0.300 e. The van der Waals surface area contributed by atoms with Gasteiger partial charge in [0.25, 0.3) is 0 Å². The zero-order valence-corrected chi connectivity index (χ0v) is 17.5. The fourth-order valence-electron chi connectivity index (χ4n) is 4.13. The molecule has 1 aliphatic rings. The molecule has 8 heteroatoms. The molecule has 2 aromatic heterocycles. The molecule has 164 valence electrons. The summed E-state index contributed by atoms with van der Waals surface area (Å²) in [5.74, 6) is 0. The van der Waals surface area contributed by atoms with Crippen LogP contribution in [0.2, 0.25) is 0 Å². The smallest absolute Gasteiger partial charge is 0.300 e. The SMILES string of the molecule is Cn1nccc1C(c1ccc(C(F)(F)F)nc1)N1CCN(CCc2ccccc2)CC1. The predicted molar refractivity (Wildman–Crippen MR) is 112 cm³/mol. The second-order valence-electron chi connectivity index (χ2n) is 7.87. The second kappa shape index (κ2) is 9.20. The molecule has 0 aliphatic carbocycles. The lowest BCUT2D eigenvalue weighted by Crippen LogP contribution is -2.48. The van der Waals surface area contributed by atoms with E-state index in [1.54, 1.807) is 10.9 Å². The summed E-state index contributed by atoms with van der Waals surface area (Å²) in [7, 11) is 1.86. The lowest BCUT2D eigenvalue weighted by molar-refractivity contribution is -0.141. The largest absolute Gasteiger partial charge is 0.433 e. The van der Waals surface area contributed by atoms with Crippen molar-refractivity contribution in [3.8, 4) is 0 Å². The molecule has 0 saturated carbocycles. The molecule has 1 unspecified atom stereocenters. The third-order valence-corrected chi connectivity index (χ3v) is 5.86. The molecule has 1 saturated heterocycles. The lowest BCUT2D eigenvalue weighted by Gasteiger charge is -2.39. The van der Waals surface area contributed by atoms with Gasteiger partial charge in [-0.3, -0.25) is 14.6 Å². The highest BCUT2D eigenvalue weighted by Gasteiger charge is 2.33. The van der Waals surface area contributed by atoms with Crippen molar-refractivity contribution in [1.82, 2.24) is 24.6 Å². The van der Waals surface area contributed by atoms with Gasteiger partial charge in [0.2, 0.25) is 0 Å². The van der Waals surface area contributed by atoms with Crippen LogP contribution in [0.4, 0.5) is 13.2 Å². The number of rotatable bonds is 6. The Labute approximate surface area is 180 Å². The summed E-state index contributed by atoms with van der Waals surface area (Å²) in [6.45, 7) is 4.47. The molecule has 0 bridgehead atoms. The van der Waals surface area contributed by atoms with Crippen molar-refractivity contribution in [2.75, 3.05) is 32.7 Å². The highest BCUT2D eigenvalue weighted by molar-refractivity contribution is 5.27. The molecule has 0 radical (unpaired) electrons. The van der Waals surface area contributed by atoms with Gasteiger partial charge in [-0.1, -0.05) is 36.4 Å². The van der Waals surface area contributed by atoms with Gasteiger partial charge in [-0.25, -0.2) is 0 Å². The van der Waals surface area contributed by atoms with Crippen LogP contribution in [0.15, 0.2) is 60.9 Å². The molecule has 5 nitrogen and oxygen atoms in total. The zero-order valence-electron chi connectivity index (χ0n) is 17.5. The zero-order chi connectivity index (χ0) is 21.8. The molecule has 1 aromatic carbocycles. The second-order valence-corrected chi connectivity index (χ2v) is 7.87. The molecule has 1 fully saturated rings. The van der Waals surface area contributed by atoms with E-state index in [0.717, 1.165) is 56.5 Å². The highest BCUT2D eigenvalue weighted by Crippen LogP contribution is 2.32. The number of hydrogen-bond donors (Lipinski definition) is 0. The molecule has 31 heavy (non-hydrogen) atoms. The number of pyridine rings is 1. The molecular weight excluding hydrogens is 403 g/mol. The Bertz CT molecular complexity index is 961. The first-order valence-electron chi connectivity index (χ1n) is 10.4. The van der Waals surface area contributed by atoms with Crippen LogP contribution >= 0.6 is 0 Å². The summed E-state index contributed by atoms with van der Waals surface area (Å²) in [6.07, 6.45) is -0.363. The van der Waals surface area contributed by atoms with E-state index in [1.165, 1.54) is 17.8 Å².